The van der Waals surface area contributed by atoms with Gasteiger partial charge in [0.05, 0.1) is 24.8 Å². The average Bonchev–Trinajstić information content (AvgIpc) is 2.28. The summed E-state index contributed by atoms with van der Waals surface area (Å²) in [6, 6.07) is 3.51. The number of methoxy groups -OCH3 is 1. The third-order valence-corrected chi connectivity index (χ3v) is 2.31. The number of aryl methyl sites for hydroxylation is 2. The summed E-state index contributed by atoms with van der Waals surface area (Å²) in [6.45, 7) is 3.91. The molecule has 1 heterocycles. The summed E-state index contributed by atoms with van der Waals surface area (Å²) >= 11 is 0. The standard InChI is InChI=1S/C12H16N2O3/c1-8-4-5-10(9(2)14-8)12(16)13-7-6-11(15)17-3/h4-5H,6-7H2,1-3H3,(H,13,16). The summed E-state index contributed by atoms with van der Waals surface area (Å²) in [4.78, 5) is 26.8. The molecule has 5 nitrogen and oxygen atoms in total. The molecular formula is C12H16N2O3. The van der Waals surface area contributed by atoms with Gasteiger partial charge in [0.2, 0.25) is 0 Å². The lowest BCUT2D eigenvalue weighted by Gasteiger charge is -2.07. The fourth-order valence-corrected chi connectivity index (χ4v) is 1.40. The molecule has 1 amide bonds. The summed E-state index contributed by atoms with van der Waals surface area (Å²) in [6.07, 6.45) is 0.167. The maximum Gasteiger partial charge on any atom is 0.307 e. The van der Waals surface area contributed by atoms with Gasteiger partial charge in [-0.25, -0.2) is 0 Å². The van der Waals surface area contributed by atoms with Gasteiger partial charge in [-0.2, -0.15) is 0 Å². The molecule has 5 heteroatoms. The predicted molar refractivity (Wildman–Crippen MR) is 62.7 cm³/mol. The molecule has 1 N–H and O–H groups in total. The van der Waals surface area contributed by atoms with Gasteiger partial charge in [0, 0.05) is 12.2 Å². The van der Waals surface area contributed by atoms with Gasteiger partial charge in [0.25, 0.3) is 5.91 Å². The van der Waals surface area contributed by atoms with Crippen molar-refractivity contribution in [2.75, 3.05) is 13.7 Å². The Labute approximate surface area is 100 Å². The number of hydrogen-bond acceptors (Lipinski definition) is 4. The molecule has 17 heavy (non-hydrogen) atoms. The lowest BCUT2D eigenvalue weighted by atomic mass is 10.1. The molecule has 0 spiro atoms. The topological polar surface area (TPSA) is 68.3 Å². The van der Waals surface area contributed by atoms with Crippen molar-refractivity contribution in [3.63, 3.8) is 0 Å². The lowest BCUT2D eigenvalue weighted by Crippen LogP contribution is -2.27. The van der Waals surface area contributed by atoms with E-state index in [9.17, 15) is 9.59 Å². The number of aromatic nitrogens is 1. The van der Waals surface area contributed by atoms with Crippen molar-refractivity contribution in [3.8, 4) is 0 Å². The van der Waals surface area contributed by atoms with Crippen molar-refractivity contribution in [3.05, 3.63) is 29.1 Å². The van der Waals surface area contributed by atoms with Crippen molar-refractivity contribution in [1.29, 1.82) is 0 Å². The van der Waals surface area contributed by atoms with E-state index in [-0.39, 0.29) is 24.8 Å². The maximum absolute atomic E-state index is 11.7. The fourth-order valence-electron chi connectivity index (χ4n) is 1.40. The zero-order valence-corrected chi connectivity index (χ0v) is 10.2. The molecule has 92 valence electrons. The molecular weight excluding hydrogens is 220 g/mol. The first kappa shape index (κ1) is 13.2. The number of amides is 1. The van der Waals surface area contributed by atoms with Crippen LogP contribution in [0.1, 0.15) is 28.2 Å². The van der Waals surface area contributed by atoms with E-state index in [0.717, 1.165) is 5.69 Å². The van der Waals surface area contributed by atoms with Crippen LogP contribution in [0.25, 0.3) is 0 Å². The minimum Gasteiger partial charge on any atom is -0.469 e. The fraction of sp³-hybridized carbons (Fsp3) is 0.417. The Balaban J connectivity index is 2.55. The Morgan fingerprint density at radius 2 is 2.06 bits per heavy atom. The highest BCUT2D eigenvalue weighted by molar-refractivity contribution is 5.95. The van der Waals surface area contributed by atoms with Crippen LogP contribution in [0.5, 0.6) is 0 Å². The van der Waals surface area contributed by atoms with E-state index in [1.807, 2.05) is 6.92 Å². The van der Waals surface area contributed by atoms with Crippen LogP contribution in [0.15, 0.2) is 12.1 Å². The van der Waals surface area contributed by atoms with E-state index in [1.54, 1.807) is 19.1 Å². The average molecular weight is 236 g/mol. The molecule has 0 saturated heterocycles. The number of ether oxygens (including phenoxy) is 1. The Morgan fingerprint density at radius 1 is 1.35 bits per heavy atom. The highest BCUT2D eigenvalue weighted by atomic mass is 16.5. The predicted octanol–water partition coefficient (Wildman–Crippen LogP) is 0.991. The number of nitrogens with one attached hydrogen (secondary N) is 1. The summed E-state index contributed by atoms with van der Waals surface area (Å²) in [5, 5.41) is 2.64. The van der Waals surface area contributed by atoms with Crippen LogP contribution in [0.4, 0.5) is 0 Å². The van der Waals surface area contributed by atoms with Gasteiger partial charge in [0.1, 0.15) is 0 Å². The molecule has 0 aliphatic heterocycles. The first-order valence-electron chi connectivity index (χ1n) is 5.34. The highest BCUT2D eigenvalue weighted by Crippen LogP contribution is 2.06. The Kier molecular flexibility index (Phi) is 4.63. The van der Waals surface area contributed by atoms with Crippen LogP contribution >= 0.6 is 0 Å². The summed E-state index contributed by atoms with van der Waals surface area (Å²) < 4.78 is 4.47. The van der Waals surface area contributed by atoms with Crippen molar-refractivity contribution in [1.82, 2.24) is 10.3 Å². The molecule has 0 saturated carbocycles. The van der Waals surface area contributed by atoms with E-state index in [4.69, 9.17) is 0 Å². The minimum atomic E-state index is -0.343. The van der Waals surface area contributed by atoms with Crippen molar-refractivity contribution in [2.24, 2.45) is 0 Å². The third-order valence-electron chi connectivity index (χ3n) is 2.31. The third kappa shape index (κ3) is 3.86. The second kappa shape index (κ2) is 5.98. The first-order valence-corrected chi connectivity index (χ1v) is 5.34. The molecule has 1 rings (SSSR count). The van der Waals surface area contributed by atoms with Crippen molar-refractivity contribution < 1.29 is 14.3 Å². The normalized spacial score (nSPS) is 9.82. The van der Waals surface area contributed by atoms with Crippen LogP contribution in [0, 0.1) is 13.8 Å². The summed E-state index contributed by atoms with van der Waals surface area (Å²) in [5.74, 6) is -0.567. The second-order valence-corrected chi connectivity index (χ2v) is 3.67. The van der Waals surface area contributed by atoms with Gasteiger partial charge in [-0.3, -0.25) is 14.6 Å². The van der Waals surface area contributed by atoms with Gasteiger partial charge in [-0.05, 0) is 26.0 Å². The molecule has 0 radical (unpaired) electrons. The Hall–Kier alpha value is -1.91. The van der Waals surface area contributed by atoms with Crippen LogP contribution in [0.2, 0.25) is 0 Å². The number of pyridine rings is 1. The number of nitrogens with zero attached hydrogens (tertiary/aromatic N) is 1. The summed E-state index contributed by atoms with van der Waals surface area (Å²) in [5.41, 5.74) is 2.08. The molecule has 0 aliphatic rings. The van der Waals surface area contributed by atoms with Crippen LogP contribution < -0.4 is 5.32 Å². The van der Waals surface area contributed by atoms with Gasteiger partial charge >= 0.3 is 5.97 Å². The Bertz CT molecular complexity index is 430. The smallest absolute Gasteiger partial charge is 0.307 e. The highest BCUT2D eigenvalue weighted by Gasteiger charge is 2.10. The number of esters is 1. The molecule has 0 bridgehead atoms. The quantitative estimate of drug-likeness (QED) is 0.792. The Morgan fingerprint density at radius 3 is 2.65 bits per heavy atom. The van der Waals surface area contributed by atoms with Crippen molar-refractivity contribution >= 4 is 11.9 Å². The summed E-state index contributed by atoms with van der Waals surface area (Å²) in [7, 11) is 1.32. The van der Waals surface area contributed by atoms with E-state index in [1.165, 1.54) is 7.11 Å². The van der Waals surface area contributed by atoms with Gasteiger partial charge in [-0.1, -0.05) is 0 Å². The zero-order valence-electron chi connectivity index (χ0n) is 10.2. The number of carbonyl (C=O) groups is 2. The molecule has 0 fully saturated rings. The van der Waals surface area contributed by atoms with Gasteiger partial charge in [0.15, 0.2) is 0 Å². The minimum absolute atomic E-state index is 0.167. The number of carbonyl (C=O) groups excluding carboxylic acids is 2. The molecule has 1 aromatic heterocycles. The maximum atomic E-state index is 11.7. The van der Waals surface area contributed by atoms with Crippen LogP contribution in [0.3, 0.4) is 0 Å². The van der Waals surface area contributed by atoms with E-state index < -0.39 is 0 Å². The first-order chi connectivity index (χ1) is 8.04. The van der Waals surface area contributed by atoms with Gasteiger partial charge < -0.3 is 10.1 Å². The SMILES string of the molecule is COC(=O)CCNC(=O)c1ccc(C)nc1C. The molecule has 0 atom stereocenters. The lowest BCUT2D eigenvalue weighted by molar-refractivity contribution is -0.140. The number of hydrogen-bond donors (Lipinski definition) is 1. The van der Waals surface area contributed by atoms with E-state index in [0.29, 0.717) is 11.3 Å². The van der Waals surface area contributed by atoms with Gasteiger partial charge in [-0.15, -0.1) is 0 Å². The van der Waals surface area contributed by atoms with Crippen LogP contribution in [-0.4, -0.2) is 30.5 Å². The van der Waals surface area contributed by atoms with Crippen molar-refractivity contribution in [2.45, 2.75) is 20.3 Å². The molecule has 0 aromatic carbocycles. The molecule has 0 aliphatic carbocycles. The van der Waals surface area contributed by atoms with E-state index >= 15 is 0 Å². The zero-order chi connectivity index (χ0) is 12.8. The second-order valence-electron chi connectivity index (χ2n) is 3.67. The van der Waals surface area contributed by atoms with Crippen LogP contribution in [-0.2, 0) is 9.53 Å². The molecule has 1 aromatic rings. The monoisotopic (exact) mass is 236 g/mol. The largest absolute Gasteiger partial charge is 0.469 e. The molecule has 0 unspecified atom stereocenters. The van der Waals surface area contributed by atoms with E-state index in [2.05, 4.69) is 15.0 Å². The number of rotatable bonds is 4.